The predicted molar refractivity (Wildman–Crippen MR) is 93.2 cm³/mol. The summed E-state index contributed by atoms with van der Waals surface area (Å²) in [5.74, 6) is -3.90. The quantitative estimate of drug-likeness (QED) is 0.655. The molecule has 1 amide bonds. The molecule has 0 aliphatic carbocycles. The van der Waals surface area contributed by atoms with Crippen LogP contribution in [0.15, 0.2) is 34.8 Å². The smallest absolute Gasteiger partial charge is 0.258 e. The van der Waals surface area contributed by atoms with Crippen LogP contribution in [0, 0.1) is 17.5 Å². The summed E-state index contributed by atoms with van der Waals surface area (Å²) in [6, 6.07) is 7.11. The van der Waals surface area contributed by atoms with Gasteiger partial charge in [-0.05, 0) is 30.3 Å². The fraction of sp³-hybridized carbons (Fsp3) is 0.235. The molecular weight excluding hydrogens is 419 g/mol. The van der Waals surface area contributed by atoms with Gasteiger partial charge >= 0.3 is 0 Å². The maximum Gasteiger partial charge on any atom is 0.258 e. The van der Waals surface area contributed by atoms with E-state index in [2.05, 4.69) is 15.9 Å². The van der Waals surface area contributed by atoms with Crippen LogP contribution in [0.2, 0.25) is 0 Å². The van der Waals surface area contributed by atoms with E-state index < -0.39 is 34.3 Å². The van der Waals surface area contributed by atoms with E-state index in [4.69, 9.17) is 4.74 Å². The Morgan fingerprint density at radius 3 is 2.72 bits per heavy atom. The topological polar surface area (TPSA) is 29.5 Å². The number of rotatable bonds is 3. The largest absolute Gasteiger partial charge is 0.496 e. The maximum absolute atomic E-state index is 14.0. The van der Waals surface area contributed by atoms with Crippen molar-refractivity contribution in [2.45, 2.75) is 5.37 Å². The molecule has 25 heavy (non-hydrogen) atoms. The normalized spacial score (nSPS) is 17.0. The monoisotopic (exact) mass is 431 g/mol. The number of amides is 1. The number of carbonyl (C=O) groups is 1. The van der Waals surface area contributed by atoms with E-state index >= 15 is 0 Å². The van der Waals surface area contributed by atoms with Crippen molar-refractivity contribution in [3.8, 4) is 5.75 Å². The van der Waals surface area contributed by atoms with Crippen LogP contribution in [0.3, 0.4) is 0 Å². The number of benzene rings is 2. The molecule has 1 unspecified atom stereocenters. The molecule has 3 nitrogen and oxygen atoms in total. The van der Waals surface area contributed by atoms with Gasteiger partial charge in [0, 0.05) is 22.3 Å². The Bertz CT molecular complexity index is 834. The zero-order chi connectivity index (χ0) is 18.1. The van der Waals surface area contributed by atoms with Gasteiger partial charge in [0.05, 0.1) is 12.7 Å². The van der Waals surface area contributed by atoms with Crippen LogP contribution < -0.4 is 4.74 Å². The highest BCUT2D eigenvalue weighted by Gasteiger charge is 2.35. The molecule has 0 N–H and O–H groups in total. The third-order valence-corrected chi connectivity index (χ3v) is 5.61. The molecular formula is C17H13BrF3NO2S. The molecule has 0 spiro atoms. The van der Waals surface area contributed by atoms with Crippen molar-refractivity contribution in [3.63, 3.8) is 0 Å². The first kappa shape index (κ1) is 18.1. The van der Waals surface area contributed by atoms with Crippen molar-refractivity contribution in [1.29, 1.82) is 0 Å². The maximum atomic E-state index is 14.0. The molecule has 1 fully saturated rings. The Kier molecular flexibility index (Phi) is 5.29. The minimum absolute atomic E-state index is 0.363. The molecule has 1 aliphatic rings. The average Bonchev–Trinajstić information content (AvgIpc) is 3.09. The summed E-state index contributed by atoms with van der Waals surface area (Å²) in [4.78, 5) is 14.2. The summed E-state index contributed by atoms with van der Waals surface area (Å²) < 4.78 is 46.8. The molecule has 0 aromatic heterocycles. The standard InChI is InChI=1S/C17H13BrF3NO2S/c1-24-13-5-2-9(18)8-11(13)17-22(6-7-25-17)16(23)10-3-4-12(19)15(21)14(10)20/h2-5,8,17H,6-7H2,1H3. The molecule has 1 heterocycles. The second kappa shape index (κ2) is 7.29. The van der Waals surface area contributed by atoms with E-state index in [0.717, 1.165) is 22.2 Å². The van der Waals surface area contributed by atoms with Crippen LogP contribution >= 0.6 is 27.7 Å². The summed E-state index contributed by atoms with van der Waals surface area (Å²) in [7, 11) is 1.52. The van der Waals surface area contributed by atoms with Crippen LogP contribution in [0.5, 0.6) is 5.75 Å². The molecule has 1 atom stereocenters. The van der Waals surface area contributed by atoms with E-state index in [1.807, 2.05) is 12.1 Å². The lowest BCUT2D eigenvalue weighted by Crippen LogP contribution is -2.31. The third-order valence-electron chi connectivity index (χ3n) is 3.88. The van der Waals surface area contributed by atoms with Crippen LogP contribution in [-0.2, 0) is 0 Å². The van der Waals surface area contributed by atoms with E-state index in [1.165, 1.54) is 23.8 Å². The van der Waals surface area contributed by atoms with Gasteiger partial charge in [-0.1, -0.05) is 15.9 Å². The van der Waals surface area contributed by atoms with Gasteiger partial charge < -0.3 is 9.64 Å². The van der Waals surface area contributed by atoms with Gasteiger partial charge in [0.1, 0.15) is 11.1 Å². The Labute approximate surface area is 155 Å². The number of hydrogen-bond acceptors (Lipinski definition) is 3. The van der Waals surface area contributed by atoms with Crippen molar-refractivity contribution in [2.75, 3.05) is 19.4 Å². The van der Waals surface area contributed by atoms with Gasteiger partial charge in [-0.25, -0.2) is 13.2 Å². The number of halogens is 4. The average molecular weight is 432 g/mol. The van der Waals surface area contributed by atoms with Gasteiger partial charge in [-0.3, -0.25) is 4.79 Å². The summed E-state index contributed by atoms with van der Waals surface area (Å²) in [6.07, 6.45) is 0. The molecule has 3 rings (SSSR count). The molecule has 8 heteroatoms. The highest BCUT2D eigenvalue weighted by molar-refractivity contribution is 9.10. The van der Waals surface area contributed by atoms with Gasteiger partial charge in [-0.15, -0.1) is 11.8 Å². The molecule has 0 saturated carbocycles. The second-order valence-electron chi connectivity index (χ2n) is 5.33. The molecule has 1 aliphatic heterocycles. The van der Waals surface area contributed by atoms with Crippen molar-refractivity contribution < 1.29 is 22.7 Å². The van der Waals surface area contributed by atoms with E-state index in [0.29, 0.717) is 18.0 Å². The second-order valence-corrected chi connectivity index (χ2v) is 7.43. The number of nitrogens with zero attached hydrogens (tertiary/aromatic N) is 1. The summed E-state index contributed by atoms with van der Waals surface area (Å²) in [5, 5.41) is -0.410. The Balaban J connectivity index is 1.99. The highest BCUT2D eigenvalue weighted by Crippen LogP contribution is 2.43. The number of hydrogen-bond donors (Lipinski definition) is 0. The lowest BCUT2D eigenvalue weighted by Gasteiger charge is -2.26. The van der Waals surface area contributed by atoms with Crippen molar-refractivity contribution >= 4 is 33.6 Å². The van der Waals surface area contributed by atoms with Crippen molar-refractivity contribution in [2.24, 2.45) is 0 Å². The van der Waals surface area contributed by atoms with Crippen molar-refractivity contribution in [3.05, 3.63) is 63.4 Å². The van der Waals surface area contributed by atoms with Crippen LogP contribution in [0.4, 0.5) is 13.2 Å². The van der Waals surface area contributed by atoms with Crippen LogP contribution in [0.25, 0.3) is 0 Å². The van der Waals surface area contributed by atoms with Crippen LogP contribution in [-0.4, -0.2) is 30.2 Å². The van der Waals surface area contributed by atoms with Gasteiger partial charge in [-0.2, -0.15) is 0 Å². The lowest BCUT2D eigenvalue weighted by molar-refractivity contribution is 0.0753. The predicted octanol–water partition coefficient (Wildman–Crippen LogP) is 4.76. The highest BCUT2D eigenvalue weighted by atomic mass is 79.9. The molecule has 132 valence electrons. The number of methoxy groups -OCH3 is 1. The zero-order valence-corrected chi connectivity index (χ0v) is 15.5. The molecule has 1 saturated heterocycles. The van der Waals surface area contributed by atoms with E-state index in [9.17, 15) is 18.0 Å². The van der Waals surface area contributed by atoms with Gasteiger partial charge in [0.2, 0.25) is 0 Å². The number of thioether (sulfide) groups is 1. The summed E-state index contributed by atoms with van der Waals surface area (Å²) in [5.41, 5.74) is 0.260. The first-order valence-electron chi connectivity index (χ1n) is 7.33. The van der Waals surface area contributed by atoms with E-state index in [1.54, 1.807) is 6.07 Å². The summed E-state index contributed by atoms with van der Waals surface area (Å²) >= 11 is 4.88. The third kappa shape index (κ3) is 3.37. The number of carbonyl (C=O) groups excluding carboxylic acids is 1. The summed E-state index contributed by atoms with van der Waals surface area (Å²) in [6.45, 7) is 0.363. The SMILES string of the molecule is COc1ccc(Br)cc1C1SCCN1C(=O)c1ccc(F)c(F)c1F. The van der Waals surface area contributed by atoms with Gasteiger partial charge in [0.15, 0.2) is 17.5 Å². The molecule has 0 radical (unpaired) electrons. The molecule has 2 aromatic carbocycles. The zero-order valence-electron chi connectivity index (χ0n) is 13.1. The number of ether oxygens (including phenoxy) is 1. The fourth-order valence-electron chi connectivity index (χ4n) is 2.68. The molecule has 2 aromatic rings. The van der Waals surface area contributed by atoms with Crippen LogP contribution in [0.1, 0.15) is 21.3 Å². The minimum Gasteiger partial charge on any atom is -0.496 e. The first-order chi connectivity index (χ1) is 11.9. The Morgan fingerprint density at radius 1 is 1.24 bits per heavy atom. The minimum atomic E-state index is -1.64. The fourth-order valence-corrected chi connectivity index (χ4v) is 4.33. The molecule has 0 bridgehead atoms. The first-order valence-corrected chi connectivity index (χ1v) is 9.17. The van der Waals surface area contributed by atoms with Gasteiger partial charge in [0.25, 0.3) is 5.91 Å². The Hall–Kier alpha value is -1.67. The Morgan fingerprint density at radius 2 is 2.00 bits per heavy atom. The lowest BCUT2D eigenvalue weighted by atomic mass is 10.1. The van der Waals surface area contributed by atoms with Crippen molar-refractivity contribution in [1.82, 2.24) is 4.90 Å². The van der Waals surface area contributed by atoms with E-state index in [-0.39, 0.29) is 0 Å².